The van der Waals surface area contributed by atoms with Crippen LogP contribution in [0.1, 0.15) is 17.9 Å². The third-order valence-corrected chi connectivity index (χ3v) is 7.11. The number of ether oxygens (including phenoxy) is 1. The predicted molar refractivity (Wildman–Crippen MR) is 93.0 cm³/mol. The van der Waals surface area contributed by atoms with Gasteiger partial charge in [0.05, 0.1) is 14.9 Å². The van der Waals surface area contributed by atoms with E-state index in [2.05, 4.69) is 5.32 Å². The monoisotopic (exact) mass is 383 g/mol. The van der Waals surface area contributed by atoms with E-state index < -0.39 is 9.84 Å². The van der Waals surface area contributed by atoms with Crippen molar-refractivity contribution in [3.63, 3.8) is 0 Å². The molecule has 2 aromatic rings. The van der Waals surface area contributed by atoms with Gasteiger partial charge in [0, 0.05) is 18.0 Å². The number of sulfone groups is 1. The van der Waals surface area contributed by atoms with Crippen molar-refractivity contribution < 1.29 is 13.2 Å². The molecular weight excluding hydrogens is 369 g/mol. The lowest BCUT2D eigenvalue weighted by Gasteiger charge is -2.24. The van der Waals surface area contributed by atoms with Gasteiger partial charge in [-0.2, -0.15) is 0 Å². The summed E-state index contributed by atoms with van der Waals surface area (Å²) in [4.78, 5) is 0.301. The van der Waals surface area contributed by atoms with Crippen LogP contribution in [-0.2, 0) is 9.84 Å². The lowest BCUT2D eigenvalue weighted by atomic mass is 9.90. The van der Waals surface area contributed by atoms with Gasteiger partial charge < -0.3 is 10.1 Å². The zero-order valence-electron chi connectivity index (χ0n) is 12.6. The second-order valence-corrected chi connectivity index (χ2v) is 8.74. The maximum Gasteiger partial charge on any atom is 0.210 e. The summed E-state index contributed by atoms with van der Waals surface area (Å²) in [6.45, 7) is 1.64. The summed E-state index contributed by atoms with van der Waals surface area (Å²) >= 11 is 11.9. The Kier molecular flexibility index (Phi) is 4.00. The van der Waals surface area contributed by atoms with E-state index in [1.54, 1.807) is 12.1 Å². The molecule has 7 heteroatoms. The highest BCUT2D eigenvalue weighted by atomic mass is 35.5. The molecule has 0 bridgehead atoms. The molecule has 1 N–H and O–H groups in total. The zero-order chi connectivity index (χ0) is 16.9. The third-order valence-electron chi connectivity index (χ3n) is 4.60. The normalized spacial score (nSPS) is 22.6. The summed E-state index contributed by atoms with van der Waals surface area (Å²) in [6.07, 6.45) is 0.924. The van der Waals surface area contributed by atoms with Gasteiger partial charge in [0.25, 0.3) is 0 Å². The fourth-order valence-electron chi connectivity index (χ4n) is 3.39. The SMILES string of the molecule is O=S(=O)(c1ccc(Cl)c(Cl)c1)c1cccc2c1OC1CNCCC21. The van der Waals surface area contributed by atoms with Gasteiger partial charge in [0.2, 0.25) is 9.84 Å². The van der Waals surface area contributed by atoms with Gasteiger partial charge in [-0.25, -0.2) is 8.42 Å². The van der Waals surface area contributed by atoms with Gasteiger partial charge in [-0.3, -0.25) is 0 Å². The highest BCUT2D eigenvalue weighted by Crippen LogP contribution is 2.46. The van der Waals surface area contributed by atoms with Crippen LogP contribution in [0.2, 0.25) is 10.0 Å². The molecule has 4 nitrogen and oxygen atoms in total. The first-order chi connectivity index (χ1) is 11.5. The molecule has 0 radical (unpaired) electrons. The van der Waals surface area contributed by atoms with E-state index in [4.69, 9.17) is 27.9 Å². The number of benzene rings is 2. The van der Waals surface area contributed by atoms with Gasteiger partial charge in [0.15, 0.2) is 0 Å². The molecule has 0 aliphatic carbocycles. The molecule has 2 heterocycles. The molecule has 2 aliphatic rings. The number of para-hydroxylation sites is 1. The molecule has 126 valence electrons. The molecule has 2 atom stereocenters. The minimum absolute atomic E-state index is 0.0149. The van der Waals surface area contributed by atoms with Crippen LogP contribution in [-0.4, -0.2) is 27.6 Å². The maximum atomic E-state index is 13.1. The Morgan fingerprint density at radius 1 is 1.12 bits per heavy atom. The average Bonchev–Trinajstić information content (AvgIpc) is 2.95. The van der Waals surface area contributed by atoms with Crippen LogP contribution in [0.3, 0.4) is 0 Å². The fraction of sp³-hybridized carbons (Fsp3) is 0.294. The zero-order valence-corrected chi connectivity index (χ0v) is 15.0. The number of piperidine rings is 1. The number of fused-ring (bicyclic) bond motifs is 3. The van der Waals surface area contributed by atoms with Crippen LogP contribution < -0.4 is 10.1 Å². The first kappa shape index (κ1) is 16.2. The number of hydrogen-bond donors (Lipinski definition) is 1. The Hall–Kier alpha value is -1.27. The standard InChI is InChI=1S/C17H15Cl2NO3S/c18-13-5-4-10(8-14(13)19)24(21,22)16-3-1-2-12-11-6-7-20-9-15(11)23-17(12)16/h1-5,8,11,15,20H,6-7,9H2. The molecule has 0 amide bonds. The van der Waals surface area contributed by atoms with Crippen LogP contribution in [0.15, 0.2) is 46.2 Å². The highest BCUT2D eigenvalue weighted by Gasteiger charge is 2.39. The van der Waals surface area contributed by atoms with E-state index in [0.29, 0.717) is 10.8 Å². The Morgan fingerprint density at radius 2 is 1.96 bits per heavy atom. The summed E-state index contributed by atoms with van der Waals surface area (Å²) in [6, 6.07) is 9.65. The van der Waals surface area contributed by atoms with Crippen LogP contribution in [0.5, 0.6) is 5.75 Å². The molecule has 0 spiro atoms. The third kappa shape index (κ3) is 2.51. The van der Waals surface area contributed by atoms with Gasteiger partial charge in [-0.15, -0.1) is 0 Å². The molecule has 24 heavy (non-hydrogen) atoms. The van der Waals surface area contributed by atoms with E-state index in [0.717, 1.165) is 25.1 Å². The first-order valence-corrected chi connectivity index (χ1v) is 9.93. The van der Waals surface area contributed by atoms with E-state index in [-0.39, 0.29) is 26.8 Å². The van der Waals surface area contributed by atoms with Crippen molar-refractivity contribution in [2.24, 2.45) is 0 Å². The fourth-order valence-corrected chi connectivity index (χ4v) is 5.20. The minimum atomic E-state index is -3.73. The molecule has 4 rings (SSSR count). The van der Waals surface area contributed by atoms with E-state index >= 15 is 0 Å². The highest BCUT2D eigenvalue weighted by molar-refractivity contribution is 7.91. The van der Waals surface area contributed by atoms with Crippen molar-refractivity contribution in [1.29, 1.82) is 0 Å². The van der Waals surface area contributed by atoms with Crippen molar-refractivity contribution >= 4 is 33.0 Å². The summed E-state index contributed by atoms with van der Waals surface area (Å²) in [5.41, 5.74) is 0.975. The van der Waals surface area contributed by atoms with Crippen LogP contribution >= 0.6 is 23.2 Å². The lowest BCUT2D eigenvalue weighted by Crippen LogP contribution is -2.39. The molecule has 2 aromatic carbocycles. The van der Waals surface area contributed by atoms with Crippen molar-refractivity contribution in [2.75, 3.05) is 13.1 Å². The molecule has 0 saturated carbocycles. The predicted octanol–water partition coefficient (Wildman–Crippen LogP) is 3.66. The Labute approximate surface area is 150 Å². The van der Waals surface area contributed by atoms with E-state index in [1.807, 2.05) is 6.07 Å². The second kappa shape index (κ2) is 5.92. The number of halogens is 2. The van der Waals surface area contributed by atoms with Crippen LogP contribution in [0, 0.1) is 0 Å². The van der Waals surface area contributed by atoms with Crippen LogP contribution in [0.4, 0.5) is 0 Å². The van der Waals surface area contributed by atoms with Gasteiger partial charge >= 0.3 is 0 Å². The molecule has 2 aliphatic heterocycles. The Balaban J connectivity index is 1.83. The molecule has 1 saturated heterocycles. The summed E-state index contributed by atoms with van der Waals surface area (Å²) in [7, 11) is -3.73. The molecule has 1 fully saturated rings. The first-order valence-electron chi connectivity index (χ1n) is 7.69. The number of rotatable bonds is 2. The Morgan fingerprint density at radius 3 is 2.75 bits per heavy atom. The summed E-state index contributed by atoms with van der Waals surface area (Å²) in [5.74, 6) is 0.715. The molecular formula is C17H15Cl2NO3S. The quantitative estimate of drug-likeness (QED) is 0.859. The lowest BCUT2D eigenvalue weighted by molar-refractivity contribution is 0.173. The molecule has 0 aromatic heterocycles. The summed E-state index contributed by atoms with van der Waals surface area (Å²) < 4.78 is 32.1. The van der Waals surface area contributed by atoms with Crippen molar-refractivity contribution in [1.82, 2.24) is 5.32 Å². The number of hydrogen-bond acceptors (Lipinski definition) is 4. The van der Waals surface area contributed by atoms with Gasteiger partial charge in [0.1, 0.15) is 16.7 Å². The van der Waals surface area contributed by atoms with Crippen LogP contribution in [0.25, 0.3) is 0 Å². The summed E-state index contributed by atoms with van der Waals surface area (Å²) in [5, 5.41) is 3.82. The van der Waals surface area contributed by atoms with Crippen molar-refractivity contribution in [3.8, 4) is 5.75 Å². The van der Waals surface area contributed by atoms with E-state index in [9.17, 15) is 8.42 Å². The maximum absolute atomic E-state index is 13.1. The van der Waals surface area contributed by atoms with Gasteiger partial charge in [-0.05, 0) is 37.2 Å². The van der Waals surface area contributed by atoms with Crippen molar-refractivity contribution in [3.05, 3.63) is 52.0 Å². The number of nitrogens with one attached hydrogen (secondary N) is 1. The average molecular weight is 384 g/mol. The largest absolute Gasteiger partial charge is 0.487 e. The molecule has 2 unspecified atom stereocenters. The van der Waals surface area contributed by atoms with Gasteiger partial charge in [-0.1, -0.05) is 35.3 Å². The van der Waals surface area contributed by atoms with Crippen molar-refractivity contribution in [2.45, 2.75) is 28.2 Å². The van der Waals surface area contributed by atoms with E-state index in [1.165, 1.54) is 18.2 Å². The minimum Gasteiger partial charge on any atom is -0.487 e. The Bertz CT molecular complexity index is 914. The topological polar surface area (TPSA) is 55.4 Å². The smallest absolute Gasteiger partial charge is 0.210 e. The second-order valence-electron chi connectivity index (χ2n) is 6.01.